The van der Waals surface area contributed by atoms with Crippen molar-refractivity contribution < 1.29 is 20.1 Å². The number of aryl methyl sites for hydroxylation is 1. The molecule has 1 aliphatic carbocycles. The van der Waals surface area contributed by atoms with Gasteiger partial charge >= 0.3 is 0 Å². The summed E-state index contributed by atoms with van der Waals surface area (Å²) < 4.78 is 7.18. The average molecular weight is 417 g/mol. The fourth-order valence-electron chi connectivity index (χ4n) is 3.91. The molecule has 0 radical (unpaired) electrons. The lowest BCUT2D eigenvalue weighted by molar-refractivity contribution is -0.0511. The molecule has 4 atom stereocenters. The average Bonchev–Trinajstić information content (AvgIpc) is 3.03. The highest BCUT2D eigenvalue weighted by Gasteiger charge is 2.46. The fraction of sp³-hybridized carbons (Fsp3) is 0.526. The molecule has 29 heavy (non-hydrogen) atoms. The first-order chi connectivity index (χ1) is 14.0. The van der Waals surface area contributed by atoms with Crippen LogP contribution < -0.4 is 5.32 Å². The monoisotopic (exact) mass is 417 g/mol. The van der Waals surface area contributed by atoms with Gasteiger partial charge in [-0.3, -0.25) is 4.57 Å². The minimum absolute atomic E-state index is 0.155. The first-order valence-electron chi connectivity index (χ1n) is 9.63. The molecule has 3 aromatic heterocycles. The van der Waals surface area contributed by atoms with Gasteiger partial charge in [0.1, 0.15) is 24.6 Å². The van der Waals surface area contributed by atoms with E-state index in [4.69, 9.17) is 4.74 Å². The summed E-state index contributed by atoms with van der Waals surface area (Å²) in [4.78, 5) is 15.8. The van der Waals surface area contributed by atoms with Gasteiger partial charge in [0.25, 0.3) is 0 Å². The minimum atomic E-state index is -1.19. The molecule has 4 heterocycles. The maximum absolute atomic E-state index is 10.3. The first-order valence-corrected chi connectivity index (χ1v) is 10.4. The van der Waals surface area contributed by atoms with E-state index in [0.717, 1.165) is 19.4 Å². The number of ether oxygens (including phenoxy) is 1. The Morgan fingerprint density at radius 3 is 2.72 bits per heavy atom. The SMILES string of the molecule is Cc1ccc(C2(CNc3ncnc4c3ncn4[C@@H]3O[C@H](CO)[C@@H](O)[C@H]3O)CC2)s1. The quantitative estimate of drug-likeness (QED) is 0.467. The number of hydrogen-bond acceptors (Lipinski definition) is 9. The van der Waals surface area contributed by atoms with Crippen molar-refractivity contribution in [2.75, 3.05) is 18.5 Å². The zero-order valence-electron chi connectivity index (χ0n) is 15.9. The molecule has 0 bridgehead atoms. The van der Waals surface area contributed by atoms with Gasteiger partial charge in [-0.15, -0.1) is 11.3 Å². The largest absolute Gasteiger partial charge is 0.394 e. The summed E-state index contributed by atoms with van der Waals surface area (Å²) in [5.74, 6) is 0.625. The molecule has 0 spiro atoms. The van der Waals surface area contributed by atoms with Crippen LogP contribution in [0.3, 0.4) is 0 Å². The molecule has 4 N–H and O–H groups in total. The minimum Gasteiger partial charge on any atom is -0.394 e. The number of fused-ring (bicyclic) bond motifs is 1. The van der Waals surface area contributed by atoms with Gasteiger partial charge in [-0.05, 0) is 31.9 Å². The van der Waals surface area contributed by atoms with Crippen LogP contribution in [0.4, 0.5) is 5.82 Å². The number of aromatic nitrogens is 4. The molecular weight excluding hydrogens is 394 g/mol. The van der Waals surface area contributed by atoms with E-state index in [9.17, 15) is 15.3 Å². The van der Waals surface area contributed by atoms with Gasteiger partial charge in [-0.1, -0.05) is 0 Å². The zero-order valence-corrected chi connectivity index (χ0v) is 16.7. The molecule has 0 aromatic carbocycles. The molecule has 2 fully saturated rings. The maximum atomic E-state index is 10.3. The van der Waals surface area contributed by atoms with Gasteiger partial charge in [0.05, 0.1) is 12.9 Å². The van der Waals surface area contributed by atoms with Crippen LogP contribution in [-0.4, -0.2) is 66.3 Å². The van der Waals surface area contributed by atoms with Gasteiger partial charge < -0.3 is 25.4 Å². The van der Waals surface area contributed by atoms with Crippen molar-refractivity contribution in [3.63, 3.8) is 0 Å². The Labute approximate surface area is 171 Å². The van der Waals surface area contributed by atoms with Gasteiger partial charge in [0, 0.05) is 21.7 Å². The van der Waals surface area contributed by atoms with Crippen LogP contribution in [0.5, 0.6) is 0 Å². The summed E-state index contributed by atoms with van der Waals surface area (Å²) in [5.41, 5.74) is 1.22. The topological polar surface area (TPSA) is 126 Å². The fourth-order valence-corrected chi connectivity index (χ4v) is 5.02. The number of thiophene rings is 1. The van der Waals surface area contributed by atoms with Gasteiger partial charge in [-0.25, -0.2) is 15.0 Å². The summed E-state index contributed by atoms with van der Waals surface area (Å²) >= 11 is 1.84. The molecule has 1 saturated carbocycles. The Bertz CT molecular complexity index is 1030. The summed E-state index contributed by atoms with van der Waals surface area (Å²) in [5, 5.41) is 33.1. The zero-order chi connectivity index (χ0) is 20.2. The van der Waals surface area contributed by atoms with Crippen LogP contribution in [0.1, 0.15) is 28.8 Å². The maximum Gasteiger partial charge on any atom is 0.167 e. The van der Waals surface area contributed by atoms with Crippen LogP contribution in [0.15, 0.2) is 24.8 Å². The molecule has 0 unspecified atom stereocenters. The van der Waals surface area contributed by atoms with Gasteiger partial charge in [-0.2, -0.15) is 0 Å². The Balaban J connectivity index is 1.40. The van der Waals surface area contributed by atoms with Crippen LogP contribution in [-0.2, 0) is 10.2 Å². The van der Waals surface area contributed by atoms with E-state index in [2.05, 4.69) is 39.3 Å². The highest BCUT2D eigenvalue weighted by molar-refractivity contribution is 7.12. The molecule has 5 rings (SSSR count). The van der Waals surface area contributed by atoms with Crippen molar-refractivity contribution in [3.8, 4) is 0 Å². The lowest BCUT2D eigenvalue weighted by Gasteiger charge is -2.17. The third-order valence-electron chi connectivity index (χ3n) is 5.86. The lowest BCUT2D eigenvalue weighted by atomic mass is 10.1. The Kier molecular flexibility index (Phi) is 4.56. The number of hydrogen-bond donors (Lipinski definition) is 4. The van der Waals surface area contributed by atoms with Crippen molar-refractivity contribution in [1.82, 2.24) is 19.5 Å². The van der Waals surface area contributed by atoms with Crippen LogP contribution in [0, 0.1) is 6.92 Å². The normalized spacial score (nSPS) is 28.1. The van der Waals surface area contributed by atoms with Crippen molar-refractivity contribution in [2.24, 2.45) is 0 Å². The summed E-state index contributed by atoms with van der Waals surface area (Å²) in [6, 6.07) is 4.37. The third-order valence-corrected chi connectivity index (χ3v) is 7.11. The smallest absolute Gasteiger partial charge is 0.167 e. The summed E-state index contributed by atoms with van der Waals surface area (Å²) in [7, 11) is 0. The molecule has 9 nitrogen and oxygen atoms in total. The molecule has 154 valence electrons. The Hall–Kier alpha value is -2.11. The van der Waals surface area contributed by atoms with E-state index in [-0.39, 0.29) is 12.0 Å². The number of imidazole rings is 1. The van der Waals surface area contributed by atoms with Crippen molar-refractivity contribution >= 4 is 28.3 Å². The Morgan fingerprint density at radius 1 is 1.24 bits per heavy atom. The van der Waals surface area contributed by atoms with Gasteiger partial charge in [0.2, 0.25) is 0 Å². The molecule has 0 amide bonds. The van der Waals surface area contributed by atoms with Crippen molar-refractivity contribution in [1.29, 1.82) is 0 Å². The van der Waals surface area contributed by atoms with Crippen molar-refractivity contribution in [3.05, 3.63) is 34.5 Å². The second-order valence-electron chi connectivity index (χ2n) is 7.82. The molecule has 1 saturated heterocycles. The van der Waals surface area contributed by atoms with E-state index in [1.807, 2.05) is 11.3 Å². The standard InChI is InChI=1S/C19H23N5O4S/c1-10-2-3-12(29-10)19(4-5-19)7-20-16-13-17(22-8-21-16)24(9-23-13)18-15(27)14(26)11(6-25)28-18/h2-3,8-9,11,14-15,18,25-27H,4-7H2,1H3,(H,20,21,22)/t11-,14-,15-,18-/m1/s1. The van der Waals surface area contributed by atoms with Crippen LogP contribution in [0.25, 0.3) is 11.2 Å². The van der Waals surface area contributed by atoms with Crippen molar-refractivity contribution in [2.45, 2.75) is 49.7 Å². The van der Waals surface area contributed by atoms with E-state index in [0.29, 0.717) is 17.0 Å². The molecule has 2 aliphatic rings. The third kappa shape index (κ3) is 3.11. The second kappa shape index (κ2) is 6.99. The molecular formula is C19H23N5O4S. The first kappa shape index (κ1) is 18.9. The van der Waals surface area contributed by atoms with Gasteiger partial charge in [0.15, 0.2) is 23.2 Å². The summed E-state index contributed by atoms with van der Waals surface area (Å²) in [6.45, 7) is 2.50. The predicted molar refractivity (Wildman–Crippen MR) is 107 cm³/mol. The van der Waals surface area contributed by atoms with E-state index >= 15 is 0 Å². The molecule has 1 aliphatic heterocycles. The highest BCUT2D eigenvalue weighted by Crippen LogP contribution is 2.50. The number of rotatable bonds is 6. The number of nitrogens with zero attached hydrogens (tertiary/aromatic N) is 4. The second-order valence-corrected chi connectivity index (χ2v) is 9.11. The molecule has 3 aromatic rings. The van der Waals surface area contributed by atoms with E-state index in [1.54, 1.807) is 4.57 Å². The number of aliphatic hydroxyl groups excluding tert-OH is 3. The van der Waals surface area contributed by atoms with E-state index < -0.39 is 24.5 Å². The Morgan fingerprint density at radius 2 is 2.07 bits per heavy atom. The summed E-state index contributed by atoms with van der Waals surface area (Å²) in [6.07, 6.45) is 1.16. The van der Waals surface area contributed by atoms with E-state index in [1.165, 1.54) is 22.4 Å². The highest BCUT2D eigenvalue weighted by atomic mass is 32.1. The number of nitrogens with one attached hydrogen (secondary N) is 1. The van der Waals surface area contributed by atoms with Crippen LogP contribution >= 0.6 is 11.3 Å². The van der Waals surface area contributed by atoms with Crippen LogP contribution in [0.2, 0.25) is 0 Å². The lowest BCUT2D eigenvalue weighted by Crippen LogP contribution is -2.33. The number of anilines is 1. The number of aliphatic hydroxyl groups is 3. The predicted octanol–water partition coefficient (Wildman–Crippen LogP) is 0.951. The molecule has 10 heteroatoms.